The predicted molar refractivity (Wildman–Crippen MR) is 153 cm³/mol. The summed E-state index contributed by atoms with van der Waals surface area (Å²) in [6, 6.07) is 16.1. The molecule has 0 aliphatic heterocycles. The molecular formula is C28H23Cl2N3O6S. The molecule has 9 nitrogen and oxygen atoms in total. The molecule has 0 radical (unpaired) electrons. The largest absolute Gasteiger partial charge is 0.480 e. The number of hydrogen-bond donors (Lipinski definition) is 2. The van der Waals surface area contributed by atoms with Crippen LogP contribution in [0.1, 0.15) is 15.9 Å². The lowest BCUT2D eigenvalue weighted by Gasteiger charge is -2.16. The fourth-order valence-corrected chi connectivity index (χ4v) is 5.31. The highest BCUT2D eigenvalue weighted by Crippen LogP contribution is 2.30. The second-order valence-electron chi connectivity index (χ2n) is 9.02. The average Bonchev–Trinajstić information content (AvgIpc) is 2.90. The summed E-state index contributed by atoms with van der Waals surface area (Å²) in [6.45, 7) is 0. The molecule has 2 N–H and O–H groups in total. The van der Waals surface area contributed by atoms with Crippen LogP contribution in [0.15, 0.2) is 82.6 Å². The van der Waals surface area contributed by atoms with E-state index in [0.29, 0.717) is 27.8 Å². The average molecular weight is 600 g/mol. The Morgan fingerprint density at radius 2 is 1.55 bits per heavy atom. The summed E-state index contributed by atoms with van der Waals surface area (Å²) in [5, 5.41) is 16.5. The zero-order valence-electron chi connectivity index (χ0n) is 21.3. The molecule has 40 heavy (non-hydrogen) atoms. The lowest BCUT2D eigenvalue weighted by atomic mass is 9.95. The summed E-state index contributed by atoms with van der Waals surface area (Å²) in [4.78, 5) is 37.9. The van der Waals surface area contributed by atoms with Gasteiger partial charge in [-0.05, 0) is 41.0 Å². The summed E-state index contributed by atoms with van der Waals surface area (Å²) in [5.74, 6) is -1.96. The van der Waals surface area contributed by atoms with Crippen molar-refractivity contribution < 1.29 is 23.1 Å². The van der Waals surface area contributed by atoms with E-state index in [1.54, 1.807) is 42.5 Å². The van der Waals surface area contributed by atoms with E-state index in [1.807, 2.05) is 0 Å². The maximum Gasteiger partial charge on any atom is 0.326 e. The highest BCUT2D eigenvalue weighted by atomic mass is 35.5. The third kappa shape index (κ3) is 6.25. The van der Waals surface area contributed by atoms with Gasteiger partial charge in [0.15, 0.2) is 9.84 Å². The Morgan fingerprint density at radius 1 is 0.975 bits per heavy atom. The van der Waals surface area contributed by atoms with E-state index in [0.717, 1.165) is 6.26 Å². The SMILES string of the molecule is Cn1ncc(-c2ccc(S(C)(=O)=O)cc2)c(-c2ccc(C[C@H](NC(=O)c3c(Cl)cccc3Cl)C(=O)O)cc2)c1=O. The minimum absolute atomic E-state index is 0.0157. The van der Waals surface area contributed by atoms with Crippen molar-refractivity contribution in [3.63, 3.8) is 0 Å². The molecule has 0 fully saturated rings. The Morgan fingerprint density at radius 3 is 2.10 bits per heavy atom. The van der Waals surface area contributed by atoms with Crippen LogP contribution in [0.25, 0.3) is 22.3 Å². The minimum Gasteiger partial charge on any atom is -0.480 e. The second kappa shape index (κ2) is 11.6. The van der Waals surface area contributed by atoms with E-state index in [9.17, 15) is 27.9 Å². The maximum atomic E-state index is 13.1. The molecule has 1 amide bonds. The molecule has 0 saturated heterocycles. The molecule has 4 aromatic rings. The third-order valence-electron chi connectivity index (χ3n) is 6.21. The molecule has 0 unspecified atom stereocenters. The third-order valence-corrected chi connectivity index (χ3v) is 7.96. The fraction of sp³-hybridized carbons (Fsp3) is 0.143. The van der Waals surface area contributed by atoms with Crippen molar-refractivity contribution in [1.82, 2.24) is 15.1 Å². The van der Waals surface area contributed by atoms with E-state index in [1.165, 1.54) is 42.2 Å². The first-order valence-corrected chi connectivity index (χ1v) is 14.5. The molecule has 0 aliphatic rings. The number of benzene rings is 3. The van der Waals surface area contributed by atoms with Crippen LogP contribution in [0.3, 0.4) is 0 Å². The van der Waals surface area contributed by atoms with Crippen molar-refractivity contribution in [2.24, 2.45) is 7.05 Å². The highest BCUT2D eigenvalue weighted by Gasteiger charge is 2.24. The van der Waals surface area contributed by atoms with E-state index < -0.39 is 27.8 Å². The number of aliphatic carboxylic acids is 1. The van der Waals surface area contributed by atoms with Gasteiger partial charge in [0.1, 0.15) is 6.04 Å². The Balaban J connectivity index is 1.63. The number of carbonyl (C=O) groups is 2. The molecule has 206 valence electrons. The molecule has 1 aromatic heterocycles. The molecule has 0 spiro atoms. The zero-order chi connectivity index (χ0) is 29.2. The molecule has 12 heteroatoms. The number of sulfone groups is 1. The van der Waals surface area contributed by atoms with E-state index >= 15 is 0 Å². The molecule has 1 atom stereocenters. The number of aromatic nitrogens is 2. The predicted octanol–water partition coefficient (Wildman–Crippen LogP) is 4.25. The quantitative estimate of drug-likeness (QED) is 0.309. The van der Waals surface area contributed by atoms with Crippen molar-refractivity contribution in [2.45, 2.75) is 17.4 Å². The van der Waals surface area contributed by atoms with Crippen LogP contribution in [0.5, 0.6) is 0 Å². The van der Waals surface area contributed by atoms with Crippen molar-refractivity contribution >= 4 is 44.9 Å². The smallest absolute Gasteiger partial charge is 0.326 e. The summed E-state index contributed by atoms with van der Waals surface area (Å²) in [6.07, 6.45) is 2.59. The Kier molecular flexibility index (Phi) is 8.43. The number of carbonyl (C=O) groups excluding carboxylic acids is 1. The normalized spacial score (nSPS) is 12.1. The molecule has 0 saturated carbocycles. The van der Waals surface area contributed by atoms with Gasteiger partial charge in [0.25, 0.3) is 11.5 Å². The summed E-state index contributed by atoms with van der Waals surface area (Å²) < 4.78 is 24.9. The van der Waals surface area contributed by atoms with Crippen LogP contribution in [0, 0.1) is 0 Å². The number of carboxylic acid groups (broad SMARTS) is 1. The van der Waals surface area contributed by atoms with Crippen LogP contribution >= 0.6 is 23.2 Å². The number of carboxylic acids is 1. The lowest BCUT2D eigenvalue weighted by Crippen LogP contribution is -2.42. The number of hydrogen-bond acceptors (Lipinski definition) is 6. The van der Waals surface area contributed by atoms with Crippen LogP contribution in [-0.2, 0) is 28.1 Å². The zero-order valence-corrected chi connectivity index (χ0v) is 23.6. The van der Waals surface area contributed by atoms with Crippen LogP contribution in [0.2, 0.25) is 10.0 Å². The number of nitrogens with one attached hydrogen (secondary N) is 1. The van der Waals surface area contributed by atoms with Gasteiger partial charge in [-0.1, -0.05) is 65.7 Å². The van der Waals surface area contributed by atoms with Gasteiger partial charge in [-0.2, -0.15) is 5.10 Å². The summed E-state index contributed by atoms with van der Waals surface area (Å²) >= 11 is 12.2. The van der Waals surface area contributed by atoms with Crippen LogP contribution in [-0.4, -0.2) is 47.5 Å². The standard InChI is InChI=1S/C28H23Cl2N3O6S/c1-33-27(35)24(20(15-31-33)17-10-12-19(13-11-17)40(2,38)39)18-8-6-16(7-9-18)14-23(28(36)37)32-26(34)25-21(29)4-3-5-22(25)30/h3-13,15,23H,14H2,1-2H3,(H,32,34)(H,36,37)/t23-/m0/s1. The maximum absolute atomic E-state index is 13.1. The molecular weight excluding hydrogens is 577 g/mol. The Bertz CT molecular complexity index is 1750. The van der Waals surface area contributed by atoms with Crippen LogP contribution < -0.4 is 10.9 Å². The number of aryl methyl sites for hydroxylation is 1. The number of amides is 1. The Hall–Kier alpha value is -3.99. The van der Waals surface area contributed by atoms with Gasteiger partial charge in [0.05, 0.1) is 32.3 Å². The number of nitrogens with zero attached hydrogens (tertiary/aromatic N) is 2. The van der Waals surface area contributed by atoms with Crippen LogP contribution in [0.4, 0.5) is 0 Å². The monoisotopic (exact) mass is 599 g/mol. The van der Waals surface area contributed by atoms with E-state index in [-0.39, 0.29) is 32.5 Å². The van der Waals surface area contributed by atoms with Gasteiger partial charge in [-0.15, -0.1) is 0 Å². The molecule has 4 rings (SSSR count). The van der Waals surface area contributed by atoms with Gasteiger partial charge >= 0.3 is 5.97 Å². The molecule has 3 aromatic carbocycles. The number of halogens is 2. The van der Waals surface area contributed by atoms with E-state index in [4.69, 9.17) is 23.2 Å². The first kappa shape index (κ1) is 29.0. The minimum atomic E-state index is -3.39. The first-order chi connectivity index (χ1) is 18.9. The summed E-state index contributed by atoms with van der Waals surface area (Å²) in [7, 11) is -1.87. The van der Waals surface area contributed by atoms with E-state index in [2.05, 4.69) is 10.4 Å². The Labute approximate surface area is 239 Å². The molecule has 0 aliphatic carbocycles. The lowest BCUT2D eigenvalue weighted by molar-refractivity contribution is -0.139. The summed E-state index contributed by atoms with van der Waals surface area (Å²) in [5.41, 5.74) is 2.20. The fourth-order valence-electron chi connectivity index (χ4n) is 4.11. The highest BCUT2D eigenvalue weighted by molar-refractivity contribution is 7.90. The van der Waals surface area contributed by atoms with Gasteiger partial charge < -0.3 is 10.4 Å². The van der Waals surface area contributed by atoms with Gasteiger partial charge in [0.2, 0.25) is 0 Å². The van der Waals surface area contributed by atoms with Crippen molar-refractivity contribution in [3.05, 3.63) is 104 Å². The first-order valence-electron chi connectivity index (χ1n) is 11.8. The second-order valence-corrected chi connectivity index (χ2v) is 11.9. The number of rotatable bonds is 8. The van der Waals surface area contributed by atoms with Gasteiger partial charge in [-0.25, -0.2) is 17.9 Å². The topological polar surface area (TPSA) is 135 Å². The van der Waals surface area contributed by atoms with Crippen molar-refractivity contribution in [1.29, 1.82) is 0 Å². The molecule has 1 heterocycles. The van der Waals surface area contributed by atoms with Crippen molar-refractivity contribution in [3.8, 4) is 22.3 Å². The van der Waals surface area contributed by atoms with Crippen molar-refractivity contribution in [2.75, 3.05) is 6.26 Å². The van der Waals surface area contributed by atoms with Gasteiger partial charge in [-0.3, -0.25) is 9.59 Å². The molecule has 0 bridgehead atoms. The van der Waals surface area contributed by atoms with Gasteiger partial charge in [0, 0.05) is 25.3 Å².